The lowest BCUT2D eigenvalue weighted by Crippen LogP contribution is -2.37. The highest BCUT2D eigenvalue weighted by Gasteiger charge is 2.22. The standard InChI is InChI=1S/C18H27NO3/c20-13-16-5-3-15(4-6-16)12-19-9-7-17(8-10-19)22-14-18-2-1-11-21-18/h3-6,17-18,20H,1-2,7-14H2. The van der Waals surface area contributed by atoms with E-state index in [1.165, 1.54) is 12.0 Å². The second-order valence-corrected chi connectivity index (χ2v) is 6.42. The van der Waals surface area contributed by atoms with Crippen LogP contribution in [0.5, 0.6) is 0 Å². The normalized spacial score (nSPS) is 24.0. The van der Waals surface area contributed by atoms with Crippen LogP contribution in [0.15, 0.2) is 24.3 Å². The van der Waals surface area contributed by atoms with Gasteiger partial charge < -0.3 is 14.6 Å². The van der Waals surface area contributed by atoms with E-state index in [9.17, 15) is 0 Å². The summed E-state index contributed by atoms with van der Waals surface area (Å²) >= 11 is 0. The van der Waals surface area contributed by atoms with Crippen LogP contribution < -0.4 is 0 Å². The summed E-state index contributed by atoms with van der Waals surface area (Å²) in [6, 6.07) is 8.25. The molecule has 2 heterocycles. The summed E-state index contributed by atoms with van der Waals surface area (Å²) in [4.78, 5) is 2.49. The fourth-order valence-electron chi connectivity index (χ4n) is 3.26. The number of benzene rings is 1. The Kier molecular flexibility index (Phi) is 5.84. The highest BCUT2D eigenvalue weighted by Crippen LogP contribution is 2.19. The third-order valence-electron chi connectivity index (χ3n) is 4.69. The van der Waals surface area contributed by atoms with E-state index in [1.54, 1.807) is 0 Å². The zero-order chi connectivity index (χ0) is 15.2. The van der Waals surface area contributed by atoms with Gasteiger partial charge in [-0.05, 0) is 36.8 Å². The molecule has 1 atom stereocenters. The Hall–Kier alpha value is -0.940. The van der Waals surface area contributed by atoms with Gasteiger partial charge >= 0.3 is 0 Å². The van der Waals surface area contributed by atoms with Gasteiger partial charge in [0, 0.05) is 26.2 Å². The van der Waals surface area contributed by atoms with E-state index < -0.39 is 0 Å². The number of aliphatic hydroxyl groups is 1. The van der Waals surface area contributed by atoms with Gasteiger partial charge in [-0.1, -0.05) is 24.3 Å². The fourth-order valence-corrected chi connectivity index (χ4v) is 3.26. The lowest BCUT2D eigenvalue weighted by Gasteiger charge is -2.32. The Bertz CT molecular complexity index is 434. The van der Waals surface area contributed by atoms with Gasteiger partial charge in [0.2, 0.25) is 0 Å². The number of piperidine rings is 1. The van der Waals surface area contributed by atoms with E-state index in [4.69, 9.17) is 14.6 Å². The topological polar surface area (TPSA) is 41.9 Å². The molecule has 0 amide bonds. The van der Waals surface area contributed by atoms with Crippen LogP contribution in [0.4, 0.5) is 0 Å². The molecule has 0 radical (unpaired) electrons. The van der Waals surface area contributed by atoms with Crippen molar-refractivity contribution in [2.45, 2.75) is 51.0 Å². The first kappa shape index (κ1) is 15.9. The summed E-state index contributed by atoms with van der Waals surface area (Å²) in [5.74, 6) is 0. The molecule has 2 saturated heterocycles. The number of hydrogen-bond acceptors (Lipinski definition) is 4. The minimum atomic E-state index is 0.119. The third-order valence-corrected chi connectivity index (χ3v) is 4.69. The molecule has 22 heavy (non-hydrogen) atoms. The van der Waals surface area contributed by atoms with Crippen molar-refractivity contribution in [3.8, 4) is 0 Å². The SMILES string of the molecule is OCc1ccc(CN2CCC(OCC3CCCO3)CC2)cc1. The van der Waals surface area contributed by atoms with Crippen LogP contribution in [0.2, 0.25) is 0 Å². The van der Waals surface area contributed by atoms with Crippen LogP contribution in [0.3, 0.4) is 0 Å². The predicted molar refractivity (Wildman–Crippen MR) is 85.6 cm³/mol. The molecule has 2 aliphatic rings. The van der Waals surface area contributed by atoms with Gasteiger partial charge in [0.05, 0.1) is 25.4 Å². The first-order valence-electron chi connectivity index (χ1n) is 8.48. The van der Waals surface area contributed by atoms with Gasteiger partial charge in [0.15, 0.2) is 0 Å². The van der Waals surface area contributed by atoms with Crippen molar-refractivity contribution in [2.75, 3.05) is 26.3 Å². The van der Waals surface area contributed by atoms with Crippen LogP contribution in [0.1, 0.15) is 36.8 Å². The van der Waals surface area contributed by atoms with Crippen LogP contribution in [0.25, 0.3) is 0 Å². The Labute approximate surface area is 133 Å². The number of nitrogens with zero attached hydrogens (tertiary/aromatic N) is 1. The summed E-state index contributed by atoms with van der Waals surface area (Å²) < 4.78 is 11.6. The zero-order valence-electron chi connectivity index (χ0n) is 13.2. The van der Waals surface area contributed by atoms with E-state index in [-0.39, 0.29) is 6.61 Å². The van der Waals surface area contributed by atoms with E-state index in [2.05, 4.69) is 17.0 Å². The largest absolute Gasteiger partial charge is 0.392 e. The first-order valence-corrected chi connectivity index (χ1v) is 8.48. The average molecular weight is 305 g/mol. The summed E-state index contributed by atoms with van der Waals surface area (Å²) in [6.07, 6.45) is 5.30. The summed E-state index contributed by atoms with van der Waals surface area (Å²) in [6.45, 7) is 4.97. The Balaban J connectivity index is 1.37. The highest BCUT2D eigenvalue weighted by atomic mass is 16.5. The van der Waals surface area contributed by atoms with Gasteiger partial charge in [-0.15, -0.1) is 0 Å². The average Bonchev–Trinajstić information content (AvgIpc) is 3.08. The molecule has 0 aliphatic carbocycles. The molecular weight excluding hydrogens is 278 g/mol. The van der Waals surface area contributed by atoms with Gasteiger partial charge in [-0.2, -0.15) is 0 Å². The number of hydrogen-bond donors (Lipinski definition) is 1. The Morgan fingerprint density at radius 3 is 2.45 bits per heavy atom. The molecular formula is C18H27NO3. The molecule has 122 valence electrons. The number of aliphatic hydroxyl groups excluding tert-OH is 1. The monoisotopic (exact) mass is 305 g/mol. The van der Waals surface area contributed by atoms with Crippen LogP contribution in [0, 0.1) is 0 Å². The van der Waals surface area contributed by atoms with Gasteiger partial charge in [-0.3, -0.25) is 4.90 Å². The summed E-state index contributed by atoms with van der Waals surface area (Å²) in [5, 5.41) is 9.07. The molecule has 1 aromatic carbocycles. The fraction of sp³-hybridized carbons (Fsp3) is 0.667. The Morgan fingerprint density at radius 1 is 1.09 bits per heavy atom. The molecule has 0 saturated carbocycles. The second-order valence-electron chi connectivity index (χ2n) is 6.42. The van der Waals surface area contributed by atoms with E-state index >= 15 is 0 Å². The third kappa shape index (κ3) is 4.53. The molecule has 0 spiro atoms. The molecule has 1 N–H and O–H groups in total. The molecule has 0 bridgehead atoms. The minimum absolute atomic E-state index is 0.119. The molecule has 4 heteroatoms. The molecule has 2 fully saturated rings. The van der Waals surface area contributed by atoms with Crippen molar-refractivity contribution in [3.05, 3.63) is 35.4 Å². The summed E-state index contributed by atoms with van der Waals surface area (Å²) in [5.41, 5.74) is 2.29. The van der Waals surface area contributed by atoms with Crippen molar-refractivity contribution < 1.29 is 14.6 Å². The maximum Gasteiger partial charge on any atom is 0.0809 e. The molecule has 4 nitrogen and oxygen atoms in total. The van der Waals surface area contributed by atoms with Crippen molar-refractivity contribution in [1.82, 2.24) is 4.90 Å². The number of ether oxygens (including phenoxy) is 2. The molecule has 3 rings (SSSR count). The van der Waals surface area contributed by atoms with Crippen molar-refractivity contribution >= 4 is 0 Å². The minimum Gasteiger partial charge on any atom is -0.392 e. The Morgan fingerprint density at radius 2 is 1.82 bits per heavy atom. The van der Waals surface area contributed by atoms with E-state index in [0.717, 1.165) is 57.7 Å². The van der Waals surface area contributed by atoms with Crippen LogP contribution in [-0.4, -0.2) is 48.5 Å². The first-order chi connectivity index (χ1) is 10.8. The summed E-state index contributed by atoms with van der Waals surface area (Å²) in [7, 11) is 0. The second kappa shape index (κ2) is 8.06. The van der Waals surface area contributed by atoms with Crippen LogP contribution >= 0.6 is 0 Å². The van der Waals surface area contributed by atoms with Crippen molar-refractivity contribution in [2.24, 2.45) is 0 Å². The maximum absolute atomic E-state index is 9.07. The van der Waals surface area contributed by atoms with Crippen molar-refractivity contribution in [1.29, 1.82) is 0 Å². The van der Waals surface area contributed by atoms with Gasteiger partial charge in [0.25, 0.3) is 0 Å². The molecule has 1 aromatic rings. The van der Waals surface area contributed by atoms with Gasteiger partial charge in [-0.25, -0.2) is 0 Å². The lowest BCUT2D eigenvalue weighted by molar-refractivity contribution is -0.0426. The molecule has 0 aromatic heterocycles. The smallest absolute Gasteiger partial charge is 0.0809 e. The lowest BCUT2D eigenvalue weighted by atomic mass is 10.1. The number of rotatable bonds is 6. The molecule has 2 aliphatic heterocycles. The van der Waals surface area contributed by atoms with E-state index in [1.807, 2.05) is 12.1 Å². The quantitative estimate of drug-likeness (QED) is 0.876. The maximum atomic E-state index is 9.07. The van der Waals surface area contributed by atoms with Gasteiger partial charge in [0.1, 0.15) is 0 Å². The predicted octanol–water partition coefficient (Wildman–Crippen LogP) is 2.34. The van der Waals surface area contributed by atoms with Crippen molar-refractivity contribution in [3.63, 3.8) is 0 Å². The van der Waals surface area contributed by atoms with Crippen LogP contribution in [-0.2, 0) is 22.6 Å². The zero-order valence-corrected chi connectivity index (χ0v) is 13.2. The van der Waals surface area contributed by atoms with E-state index in [0.29, 0.717) is 12.2 Å². The highest BCUT2D eigenvalue weighted by molar-refractivity contribution is 5.21. The number of likely N-dealkylation sites (tertiary alicyclic amines) is 1. The molecule has 1 unspecified atom stereocenters.